The van der Waals surface area contributed by atoms with E-state index in [0.29, 0.717) is 12.2 Å². The molecular weight excluding hydrogens is 286 g/mol. The fourth-order valence-electron chi connectivity index (χ4n) is 3.21. The van der Waals surface area contributed by atoms with Gasteiger partial charge in [-0.15, -0.1) is 6.58 Å². The quantitative estimate of drug-likeness (QED) is 0.855. The molecule has 3 heteroatoms. The van der Waals surface area contributed by atoms with Gasteiger partial charge in [-0.1, -0.05) is 30.3 Å². The first-order valence-corrected chi connectivity index (χ1v) is 8.00. The zero-order valence-electron chi connectivity index (χ0n) is 13.6. The van der Waals surface area contributed by atoms with Gasteiger partial charge in [0.1, 0.15) is 11.5 Å². The van der Waals surface area contributed by atoms with Crippen LogP contribution in [0.3, 0.4) is 0 Å². The second kappa shape index (κ2) is 6.88. The Kier molecular flexibility index (Phi) is 4.68. The van der Waals surface area contributed by atoms with Crippen LogP contribution in [0.15, 0.2) is 49.1 Å². The van der Waals surface area contributed by atoms with Gasteiger partial charge in [0.05, 0.1) is 7.11 Å². The number of methoxy groups -OCH3 is 1. The number of ether oxygens (including phenoxy) is 1. The van der Waals surface area contributed by atoms with Crippen LogP contribution in [-0.2, 0) is 25.9 Å². The zero-order chi connectivity index (χ0) is 16.2. The van der Waals surface area contributed by atoms with E-state index in [9.17, 15) is 5.11 Å². The normalized spacial score (nSPS) is 14.3. The lowest BCUT2D eigenvalue weighted by molar-refractivity contribution is 0.242. The molecule has 0 atom stereocenters. The Bertz CT molecular complexity index is 709. The highest BCUT2D eigenvalue weighted by Gasteiger charge is 2.18. The molecule has 1 aliphatic rings. The van der Waals surface area contributed by atoms with Crippen molar-refractivity contribution < 1.29 is 9.84 Å². The maximum Gasteiger partial charge on any atom is 0.123 e. The zero-order valence-corrected chi connectivity index (χ0v) is 13.6. The number of fused-ring (bicyclic) bond motifs is 1. The standard InChI is InChI=1S/C20H23NO2/c1-3-6-16-11-19(23-2)12-18(20(16)22)14-21-10-9-15-7-4-5-8-17(15)13-21/h3-5,7-8,11-12,22H,1,6,9-10,13-14H2,2H3. The second-order valence-corrected chi connectivity index (χ2v) is 6.02. The average molecular weight is 309 g/mol. The van der Waals surface area contributed by atoms with Crippen LogP contribution in [0, 0.1) is 0 Å². The summed E-state index contributed by atoms with van der Waals surface area (Å²) in [6.45, 7) is 6.41. The molecule has 2 aromatic rings. The van der Waals surface area contributed by atoms with Gasteiger partial charge in [0, 0.05) is 30.8 Å². The van der Waals surface area contributed by atoms with E-state index < -0.39 is 0 Å². The molecule has 0 amide bonds. The Balaban J connectivity index is 1.83. The number of hydrogen-bond donors (Lipinski definition) is 1. The molecule has 1 aliphatic heterocycles. The van der Waals surface area contributed by atoms with E-state index in [0.717, 1.165) is 42.9 Å². The number of phenolic OH excluding ortho intramolecular Hbond substituents is 1. The van der Waals surface area contributed by atoms with Crippen molar-refractivity contribution in [2.24, 2.45) is 0 Å². The van der Waals surface area contributed by atoms with Crippen LogP contribution in [0.1, 0.15) is 22.3 Å². The maximum absolute atomic E-state index is 10.5. The largest absolute Gasteiger partial charge is 0.507 e. The number of aromatic hydroxyl groups is 1. The first-order valence-electron chi connectivity index (χ1n) is 8.00. The number of allylic oxidation sites excluding steroid dienone is 1. The van der Waals surface area contributed by atoms with Crippen LogP contribution in [-0.4, -0.2) is 23.7 Å². The summed E-state index contributed by atoms with van der Waals surface area (Å²) in [7, 11) is 1.66. The van der Waals surface area contributed by atoms with Crippen molar-refractivity contribution in [3.8, 4) is 11.5 Å². The molecular formula is C20H23NO2. The van der Waals surface area contributed by atoms with Crippen molar-refractivity contribution in [1.82, 2.24) is 4.90 Å². The van der Waals surface area contributed by atoms with Crippen LogP contribution < -0.4 is 4.74 Å². The lowest BCUT2D eigenvalue weighted by Crippen LogP contribution is -2.30. The molecule has 2 aromatic carbocycles. The predicted octanol–water partition coefficient (Wildman–Crippen LogP) is 3.69. The summed E-state index contributed by atoms with van der Waals surface area (Å²) in [5, 5.41) is 10.5. The van der Waals surface area contributed by atoms with E-state index in [1.807, 2.05) is 12.1 Å². The number of benzene rings is 2. The average Bonchev–Trinajstić information content (AvgIpc) is 2.58. The van der Waals surface area contributed by atoms with Gasteiger partial charge in [-0.2, -0.15) is 0 Å². The summed E-state index contributed by atoms with van der Waals surface area (Å²) >= 11 is 0. The summed E-state index contributed by atoms with van der Waals surface area (Å²) in [5.74, 6) is 1.15. The molecule has 0 unspecified atom stereocenters. The molecule has 0 aromatic heterocycles. The van der Waals surface area contributed by atoms with Gasteiger partial charge in [-0.3, -0.25) is 4.90 Å². The topological polar surface area (TPSA) is 32.7 Å². The number of hydrogen-bond acceptors (Lipinski definition) is 3. The highest BCUT2D eigenvalue weighted by Crippen LogP contribution is 2.31. The summed E-state index contributed by atoms with van der Waals surface area (Å²) < 4.78 is 5.38. The third-order valence-electron chi connectivity index (χ3n) is 4.44. The molecule has 0 saturated heterocycles. The minimum atomic E-state index is 0.365. The van der Waals surface area contributed by atoms with Gasteiger partial charge >= 0.3 is 0 Å². The molecule has 23 heavy (non-hydrogen) atoms. The van der Waals surface area contributed by atoms with Crippen molar-refractivity contribution in [2.75, 3.05) is 13.7 Å². The number of rotatable bonds is 5. The summed E-state index contributed by atoms with van der Waals surface area (Å²) in [4.78, 5) is 2.37. The minimum Gasteiger partial charge on any atom is -0.507 e. The van der Waals surface area contributed by atoms with E-state index in [4.69, 9.17) is 4.74 Å². The minimum absolute atomic E-state index is 0.365. The van der Waals surface area contributed by atoms with Crippen LogP contribution in [0.5, 0.6) is 11.5 Å². The van der Waals surface area contributed by atoms with Crippen molar-refractivity contribution in [2.45, 2.75) is 25.9 Å². The molecule has 0 spiro atoms. The molecule has 3 rings (SSSR count). The summed E-state index contributed by atoms with van der Waals surface area (Å²) in [5.41, 5.74) is 4.60. The lowest BCUT2D eigenvalue weighted by atomic mass is 9.98. The molecule has 1 heterocycles. The Morgan fingerprint density at radius 1 is 1.22 bits per heavy atom. The Morgan fingerprint density at radius 3 is 2.70 bits per heavy atom. The molecule has 0 radical (unpaired) electrons. The SMILES string of the molecule is C=CCc1cc(OC)cc(CN2CCc3ccccc3C2)c1O. The molecule has 120 valence electrons. The second-order valence-electron chi connectivity index (χ2n) is 6.02. The summed E-state index contributed by atoms with van der Waals surface area (Å²) in [6, 6.07) is 12.4. The fraction of sp³-hybridized carbons (Fsp3) is 0.300. The Labute approximate surface area is 137 Å². The predicted molar refractivity (Wildman–Crippen MR) is 92.8 cm³/mol. The fourth-order valence-corrected chi connectivity index (χ4v) is 3.21. The van der Waals surface area contributed by atoms with Crippen LogP contribution in [0.2, 0.25) is 0 Å². The van der Waals surface area contributed by atoms with E-state index >= 15 is 0 Å². The van der Waals surface area contributed by atoms with Crippen molar-refractivity contribution in [3.63, 3.8) is 0 Å². The Morgan fingerprint density at radius 2 is 1.96 bits per heavy atom. The first-order chi connectivity index (χ1) is 11.2. The molecule has 3 nitrogen and oxygen atoms in total. The van der Waals surface area contributed by atoms with Crippen LogP contribution >= 0.6 is 0 Å². The van der Waals surface area contributed by atoms with Crippen LogP contribution in [0.25, 0.3) is 0 Å². The van der Waals surface area contributed by atoms with E-state index in [1.54, 1.807) is 13.2 Å². The van der Waals surface area contributed by atoms with Gasteiger partial charge in [0.25, 0.3) is 0 Å². The van der Waals surface area contributed by atoms with E-state index in [1.165, 1.54) is 11.1 Å². The molecule has 0 aliphatic carbocycles. The van der Waals surface area contributed by atoms with Gasteiger partial charge in [-0.25, -0.2) is 0 Å². The maximum atomic E-state index is 10.5. The van der Waals surface area contributed by atoms with E-state index in [2.05, 4.69) is 35.7 Å². The van der Waals surface area contributed by atoms with Gasteiger partial charge < -0.3 is 9.84 Å². The number of phenols is 1. The molecule has 0 bridgehead atoms. The van der Waals surface area contributed by atoms with Crippen molar-refractivity contribution in [3.05, 3.63) is 71.3 Å². The number of nitrogens with zero attached hydrogens (tertiary/aromatic N) is 1. The highest BCUT2D eigenvalue weighted by molar-refractivity contribution is 5.47. The van der Waals surface area contributed by atoms with Gasteiger partial charge in [0.15, 0.2) is 0 Å². The first kappa shape index (κ1) is 15.6. The van der Waals surface area contributed by atoms with Gasteiger partial charge in [0.2, 0.25) is 0 Å². The monoisotopic (exact) mass is 309 g/mol. The third-order valence-corrected chi connectivity index (χ3v) is 4.44. The molecule has 0 saturated carbocycles. The van der Waals surface area contributed by atoms with E-state index in [-0.39, 0.29) is 0 Å². The highest BCUT2D eigenvalue weighted by atomic mass is 16.5. The van der Waals surface area contributed by atoms with Crippen molar-refractivity contribution >= 4 is 0 Å². The van der Waals surface area contributed by atoms with Crippen molar-refractivity contribution in [1.29, 1.82) is 0 Å². The summed E-state index contributed by atoms with van der Waals surface area (Å²) in [6.07, 6.45) is 3.49. The molecule has 0 fully saturated rings. The smallest absolute Gasteiger partial charge is 0.123 e. The van der Waals surface area contributed by atoms with Crippen LogP contribution in [0.4, 0.5) is 0 Å². The third kappa shape index (κ3) is 3.40. The Hall–Kier alpha value is -2.26. The molecule has 1 N–H and O–H groups in total. The van der Waals surface area contributed by atoms with Gasteiger partial charge in [-0.05, 0) is 36.1 Å². The lowest BCUT2D eigenvalue weighted by Gasteiger charge is -2.29.